The zero-order valence-electron chi connectivity index (χ0n) is 10.0. The Kier molecular flexibility index (Phi) is 5.98. The lowest BCUT2D eigenvalue weighted by molar-refractivity contribution is -0.119. The van der Waals surface area contributed by atoms with Gasteiger partial charge in [-0.3, -0.25) is 10.1 Å². The Morgan fingerprint density at radius 3 is 2.38 bits per heavy atom. The van der Waals surface area contributed by atoms with Gasteiger partial charge < -0.3 is 16.2 Å². The molecule has 0 spiro atoms. The van der Waals surface area contributed by atoms with Crippen LogP contribution in [0.4, 0.5) is 4.79 Å². The number of nitrogens with two attached hydrogens (primary N) is 1. The Labute approximate surface area is 95.6 Å². The molecule has 16 heavy (non-hydrogen) atoms. The first-order valence-electron chi connectivity index (χ1n) is 5.19. The van der Waals surface area contributed by atoms with Gasteiger partial charge in [0.05, 0.1) is 12.6 Å². The summed E-state index contributed by atoms with van der Waals surface area (Å²) < 4.78 is 0. The molecule has 1 unspecified atom stereocenters. The average molecular weight is 231 g/mol. The van der Waals surface area contributed by atoms with Crippen molar-refractivity contribution in [2.75, 3.05) is 13.1 Å². The third-order valence-electron chi connectivity index (χ3n) is 1.78. The van der Waals surface area contributed by atoms with E-state index in [1.54, 1.807) is 0 Å². The van der Waals surface area contributed by atoms with Crippen molar-refractivity contribution in [3.63, 3.8) is 0 Å². The standard InChI is InChI=1S/C10H21N3O3/c1-10(2,3)4-7(14)5-12-6-8(15)13-9(11)16/h7,12,14H,4-6H2,1-3H3,(H3,11,13,15,16). The summed E-state index contributed by atoms with van der Waals surface area (Å²) in [7, 11) is 0. The van der Waals surface area contributed by atoms with E-state index in [0.29, 0.717) is 13.0 Å². The molecule has 0 aromatic carbocycles. The summed E-state index contributed by atoms with van der Waals surface area (Å²) in [4.78, 5) is 21.3. The fourth-order valence-corrected chi connectivity index (χ4v) is 1.31. The van der Waals surface area contributed by atoms with Crippen LogP contribution in [0.1, 0.15) is 27.2 Å². The summed E-state index contributed by atoms with van der Waals surface area (Å²) in [5.41, 5.74) is 4.80. The quantitative estimate of drug-likeness (QED) is 0.515. The number of primary amides is 1. The van der Waals surface area contributed by atoms with Crippen LogP contribution in [0.2, 0.25) is 0 Å². The third-order valence-corrected chi connectivity index (χ3v) is 1.78. The third kappa shape index (κ3) is 9.42. The second-order valence-electron chi connectivity index (χ2n) is 4.96. The number of hydrogen-bond acceptors (Lipinski definition) is 4. The summed E-state index contributed by atoms with van der Waals surface area (Å²) in [6, 6.07) is -0.873. The van der Waals surface area contributed by atoms with E-state index < -0.39 is 18.0 Å². The lowest BCUT2D eigenvalue weighted by atomic mass is 9.89. The lowest BCUT2D eigenvalue weighted by Gasteiger charge is -2.22. The highest BCUT2D eigenvalue weighted by molar-refractivity contribution is 5.94. The van der Waals surface area contributed by atoms with Gasteiger partial charge in [0.15, 0.2) is 0 Å². The highest BCUT2D eigenvalue weighted by Gasteiger charge is 2.16. The van der Waals surface area contributed by atoms with Crippen molar-refractivity contribution < 1.29 is 14.7 Å². The van der Waals surface area contributed by atoms with Crippen molar-refractivity contribution in [3.05, 3.63) is 0 Å². The molecule has 0 saturated carbocycles. The van der Waals surface area contributed by atoms with Gasteiger partial charge in [-0.2, -0.15) is 0 Å². The molecule has 6 heteroatoms. The Balaban J connectivity index is 3.66. The maximum atomic E-state index is 11.0. The normalized spacial score (nSPS) is 13.2. The number of imide groups is 1. The zero-order valence-corrected chi connectivity index (χ0v) is 10.0. The number of aliphatic hydroxyl groups excluding tert-OH is 1. The molecule has 0 fully saturated rings. The summed E-state index contributed by atoms with van der Waals surface area (Å²) in [5, 5.41) is 14.3. The molecule has 0 rings (SSSR count). The van der Waals surface area contributed by atoms with Crippen molar-refractivity contribution in [1.29, 1.82) is 0 Å². The Morgan fingerprint density at radius 2 is 1.94 bits per heavy atom. The van der Waals surface area contributed by atoms with Crippen LogP contribution in [0.25, 0.3) is 0 Å². The predicted molar refractivity (Wildman–Crippen MR) is 60.7 cm³/mol. The first-order valence-corrected chi connectivity index (χ1v) is 5.19. The van der Waals surface area contributed by atoms with Gasteiger partial charge in [-0.05, 0) is 11.8 Å². The van der Waals surface area contributed by atoms with E-state index in [4.69, 9.17) is 5.73 Å². The molecule has 6 nitrogen and oxygen atoms in total. The first-order chi connectivity index (χ1) is 7.20. The van der Waals surface area contributed by atoms with Crippen molar-refractivity contribution in [2.45, 2.75) is 33.3 Å². The fraction of sp³-hybridized carbons (Fsp3) is 0.800. The summed E-state index contributed by atoms with van der Waals surface area (Å²) in [6.07, 6.45) is 0.124. The largest absolute Gasteiger partial charge is 0.392 e. The molecule has 0 heterocycles. The molecule has 0 aliphatic rings. The Bertz CT molecular complexity index is 248. The maximum absolute atomic E-state index is 11.0. The summed E-state index contributed by atoms with van der Waals surface area (Å²) in [5.74, 6) is -0.504. The van der Waals surface area contributed by atoms with Gasteiger partial charge in [-0.25, -0.2) is 4.79 Å². The van der Waals surface area contributed by atoms with E-state index in [1.807, 2.05) is 26.1 Å². The monoisotopic (exact) mass is 231 g/mol. The molecular weight excluding hydrogens is 210 g/mol. The molecule has 0 aromatic heterocycles. The molecule has 0 bridgehead atoms. The van der Waals surface area contributed by atoms with E-state index in [2.05, 4.69) is 5.32 Å². The molecule has 0 radical (unpaired) electrons. The van der Waals surface area contributed by atoms with Crippen LogP contribution in [0.3, 0.4) is 0 Å². The number of amides is 3. The van der Waals surface area contributed by atoms with E-state index in [9.17, 15) is 14.7 Å². The van der Waals surface area contributed by atoms with E-state index >= 15 is 0 Å². The molecule has 0 aliphatic heterocycles. The lowest BCUT2D eigenvalue weighted by Crippen LogP contribution is -2.42. The Morgan fingerprint density at radius 1 is 1.38 bits per heavy atom. The minimum Gasteiger partial charge on any atom is -0.392 e. The van der Waals surface area contributed by atoms with Crippen LogP contribution in [0.15, 0.2) is 0 Å². The average Bonchev–Trinajstić information content (AvgIpc) is 1.98. The second-order valence-corrected chi connectivity index (χ2v) is 4.96. The van der Waals surface area contributed by atoms with Crippen LogP contribution >= 0.6 is 0 Å². The molecule has 3 amide bonds. The fourth-order valence-electron chi connectivity index (χ4n) is 1.31. The first kappa shape index (κ1) is 14.9. The van der Waals surface area contributed by atoms with Crippen molar-refractivity contribution >= 4 is 11.9 Å². The summed E-state index contributed by atoms with van der Waals surface area (Å²) >= 11 is 0. The van der Waals surface area contributed by atoms with E-state index in [0.717, 1.165) is 0 Å². The SMILES string of the molecule is CC(C)(C)CC(O)CNCC(=O)NC(N)=O. The van der Waals surface area contributed by atoms with Crippen LogP contribution in [-0.2, 0) is 4.79 Å². The number of carbonyl (C=O) groups excluding carboxylic acids is 2. The maximum Gasteiger partial charge on any atom is 0.318 e. The van der Waals surface area contributed by atoms with Gasteiger partial charge >= 0.3 is 6.03 Å². The van der Waals surface area contributed by atoms with Crippen molar-refractivity contribution in [2.24, 2.45) is 11.1 Å². The highest BCUT2D eigenvalue weighted by Crippen LogP contribution is 2.20. The number of carbonyl (C=O) groups is 2. The van der Waals surface area contributed by atoms with Gasteiger partial charge in [-0.1, -0.05) is 20.8 Å². The van der Waals surface area contributed by atoms with Crippen LogP contribution < -0.4 is 16.4 Å². The minimum atomic E-state index is -0.873. The van der Waals surface area contributed by atoms with Crippen LogP contribution in [0.5, 0.6) is 0 Å². The molecule has 0 aliphatic carbocycles. The van der Waals surface area contributed by atoms with Gasteiger partial charge in [0.25, 0.3) is 0 Å². The smallest absolute Gasteiger partial charge is 0.318 e. The topological polar surface area (TPSA) is 104 Å². The number of rotatable bonds is 5. The Hall–Kier alpha value is -1.14. The number of aliphatic hydroxyl groups is 1. The van der Waals surface area contributed by atoms with E-state index in [1.165, 1.54) is 0 Å². The van der Waals surface area contributed by atoms with Crippen molar-refractivity contribution in [3.8, 4) is 0 Å². The predicted octanol–water partition coefficient (Wildman–Crippen LogP) is -0.432. The highest BCUT2D eigenvalue weighted by atomic mass is 16.3. The van der Waals surface area contributed by atoms with Gasteiger partial charge in [-0.15, -0.1) is 0 Å². The van der Waals surface area contributed by atoms with E-state index in [-0.39, 0.29) is 12.0 Å². The van der Waals surface area contributed by atoms with Gasteiger partial charge in [0, 0.05) is 6.54 Å². The molecule has 94 valence electrons. The van der Waals surface area contributed by atoms with Gasteiger partial charge in [0.2, 0.25) is 5.91 Å². The molecule has 1 atom stereocenters. The van der Waals surface area contributed by atoms with Crippen LogP contribution in [-0.4, -0.2) is 36.2 Å². The minimum absolute atomic E-state index is 0.0376. The second kappa shape index (κ2) is 6.44. The zero-order chi connectivity index (χ0) is 12.8. The molecule has 0 aromatic rings. The molecular formula is C10H21N3O3. The number of nitrogens with one attached hydrogen (secondary N) is 2. The molecule has 5 N–H and O–H groups in total. The van der Waals surface area contributed by atoms with Crippen molar-refractivity contribution in [1.82, 2.24) is 10.6 Å². The van der Waals surface area contributed by atoms with Crippen LogP contribution in [0, 0.1) is 5.41 Å². The number of urea groups is 1. The summed E-state index contributed by atoms with van der Waals surface area (Å²) in [6.45, 7) is 6.34. The number of hydrogen-bond donors (Lipinski definition) is 4. The van der Waals surface area contributed by atoms with Gasteiger partial charge in [0.1, 0.15) is 0 Å². The molecule has 0 saturated heterocycles.